The molecule has 2 atom stereocenters. The van der Waals surface area contributed by atoms with E-state index in [1.807, 2.05) is 0 Å². The Morgan fingerprint density at radius 1 is 0.864 bits per heavy atom. The molecule has 1 aliphatic heterocycles. The minimum absolute atomic E-state index is 0.486. The quantitative estimate of drug-likeness (QED) is 0.867. The maximum absolute atomic E-state index is 3.48. The lowest BCUT2D eigenvalue weighted by Gasteiger charge is -2.35. The predicted molar refractivity (Wildman–Crippen MR) is 91.3 cm³/mol. The molecule has 0 amide bonds. The van der Waals surface area contributed by atoms with E-state index in [-0.39, 0.29) is 0 Å². The average Bonchev–Trinajstić information content (AvgIpc) is 2.72. The normalized spacial score (nSPS) is 25.1. The lowest BCUT2D eigenvalue weighted by Crippen LogP contribution is -2.45. The van der Waals surface area contributed by atoms with Crippen LogP contribution >= 0.6 is 0 Å². The van der Waals surface area contributed by atoms with E-state index in [4.69, 9.17) is 0 Å². The lowest BCUT2D eigenvalue weighted by atomic mass is 9.89. The molecule has 2 nitrogen and oxygen atoms in total. The van der Waals surface area contributed by atoms with E-state index in [0.717, 1.165) is 32.6 Å². The third kappa shape index (κ3) is 2.37. The summed E-state index contributed by atoms with van der Waals surface area (Å²) in [6, 6.07) is 18.6. The van der Waals surface area contributed by atoms with Crippen LogP contribution in [0.4, 0.5) is 0 Å². The number of fused-ring (bicyclic) bond motifs is 2. The van der Waals surface area contributed by atoms with Crippen molar-refractivity contribution < 1.29 is 0 Å². The largest absolute Gasteiger partial charge is 0.314 e. The summed E-state index contributed by atoms with van der Waals surface area (Å²) in [5.41, 5.74) is 6.08. The molecule has 2 heteroatoms. The second-order valence-corrected chi connectivity index (χ2v) is 6.56. The Morgan fingerprint density at radius 2 is 1.50 bits per heavy atom. The standard InChI is InChI=1S/C20H24N2/c1-15-17-7-3-2-6-16(17)14-20(22-12-10-21-11-13-22)19-9-5-4-8-18(15)19/h2-9,15,20-21H,10-14H2,1H3. The van der Waals surface area contributed by atoms with Crippen LogP contribution in [0.3, 0.4) is 0 Å². The van der Waals surface area contributed by atoms with Gasteiger partial charge in [0.15, 0.2) is 0 Å². The van der Waals surface area contributed by atoms with Crippen molar-refractivity contribution in [3.8, 4) is 0 Å². The molecule has 0 radical (unpaired) electrons. The first-order chi connectivity index (χ1) is 10.8. The summed E-state index contributed by atoms with van der Waals surface area (Å²) < 4.78 is 0. The molecule has 1 heterocycles. The fraction of sp³-hybridized carbons (Fsp3) is 0.400. The molecular formula is C20H24N2. The van der Waals surface area contributed by atoms with Gasteiger partial charge in [0.1, 0.15) is 0 Å². The van der Waals surface area contributed by atoms with Gasteiger partial charge in [0.2, 0.25) is 0 Å². The van der Waals surface area contributed by atoms with E-state index < -0.39 is 0 Å². The lowest BCUT2D eigenvalue weighted by molar-refractivity contribution is 0.172. The highest BCUT2D eigenvalue weighted by atomic mass is 15.2. The van der Waals surface area contributed by atoms with E-state index in [1.165, 1.54) is 22.3 Å². The molecule has 0 aromatic heterocycles. The van der Waals surface area contributed by atoms with Crippen LogP contribution in [0, 0.1) is 0 Å². The smallest absolute Gasteiger partial charge is 0.0392 e. The fourth-order valence-electron chi connectivity index (χ4n) is 4.16. The van der Waals surface area contributed by atoms with Crippen molar-refractivity contribution in [2.45, 2.75) is 25.3 Å². The average molecular weight is 292 g/mol. The number of nitrogens with zero attached hydrogens (tertiary/aromatic N) is 1. The van der Waals surface area contributed by atoms with Crippen molar-refractivity contribution in [2.24, 2.45) is 0 Å². The molecule has 0 spiro atoms. The highest BCUT2D eigenvalue weighted by Gasteiger charge is 2.30. The van der Waals surface area contributed by atoms with Crippen LogP contribution in [0.15, 0.2) is 48.5 Å². The second kappa shape index (κ2) is 5.86. The number of piperazine rings is 1. The van der Waals surface area contributed by atoms with Crippen LogP contribution in [0.2, 0.25) is 0 Å². The van der Waals surface area contributed by atoms with Crippen LogP contribution in [0.25, 0.3) is 0 Å². The molecular weight excluding hydrogens is 268 g/mol. The molecule has 4 rings (SSSR count). The molecule has 0 bridgehead atoms. The summed E-state index contributed by atoms with van der Waals surface area (Å²) in [7, 11) is 0. The van der Waals surface area contributed by atoms with Gasteiger partial charge < -0.3 is 5.32 Å². The molecule has 1 fully saturated rings. The zero-order valence-electron chi connectivity index (χ0n) is 13.3. The number of hydrogen-bond donors (Lipinski definition) is 1. The Morgan fingerprint density at radius 3 is 2.27 bits per heavy atom. The Bertz CT molecular complexity index is 658. The van der Waals surface area contributed by atoms with Crippen LogP contribution in [0.5, 0.6) is 0 Å². The van der Waals surface area contributed by atoms with Crippen molar-refractivity contribution in [1.29, 1.82) is 0 Å². The van der Waals surface area contributed by atoms with Crippen molar-refractivity contribution in [2.75, 3.05) is 26.2 Å². The van der Waals surface area contributed by atoms with E-state index in [2.05, 4.69) is 65.7 Å². The van der Waals surface area contributed by atoms with E-state index in [0.29, 0.717) is 12.0 Å². The van der Waals surface area contributed by atoms with E-state index >= 15 is 0 Å². The Hall–Kier alpha value is -1.64. The summed E-state index contributed by atoms with van der Waals surface area (Å²) in [5.74, 6) is 0.486. The molecule has 114 valence electrons. The van der Waals surface area contributed by atoms with Gasteiger partial charge in [-0.2, -0.15) is 0 Å². The first kappa shape index (κ1) is 14.0. The molecule has 0 saturated carbocycles. The summed E-state index contributed by atoms with van der Waals surface area (Å²) in [5, 5.41) is 3.48. The fourth-order valence-corrected chi connectivity index (χ4v) is 4.16. The number of hydrogen-bond acceptors (Lipinski definition) is 2. The SMILES string of the molecule is CC1c2ccccc2CC(N2CCNCC2)c2ccccc21. The third-order valence-electron chi connectivity index (χ3n) is 5.35. The maximum atomic E-state index is 3.48. The first-order valence-electron chi connectivity index (χ1n) is 8.46. The predicted octanol–water partition coefficient (Wildman–Crippen LogP) is 3.34. The van der Waals surface area contributed by atoms with Crippen molar-refractivity contribution in [3.63, 3.8) is 0 Å². The summed E-state index contributed by atoms with van der Waals surface area (Å²) in [4.78, 5) is 2.67. The van der Waals surface area contributed by atoms with Gasteiger partial charge in [-0.15, -0.1) is 0 Å². The van der Waals surface area contributed by atoms with Crippen molar-refractivity contribution in [3.05, 3.63) is 70.8 Å². The van der Waals surface area contributed by atoms with Crippen LogP contribution < -0.4 is 5.32 Å². The molecule has 22 heavy (non-hydrogen) atoms. The molecule has 1 aliphatic carbocycles. The number of rotatable bonds is 1. The Labute approximate surface area is 133 Å². The zero-order valence-corrected chi connectivity index (χ0v) is 13.3. The second-order valence-electron chi connectivity index (χ2n) is 6.56. The number of nitrogens with one attached hydrogen (secondary N) is 1. The minimum atomic E-state index is 0.486. The molecule has 1 saturated heterocycles. The molecule has 2 aromatic rings. The van der Waals surface area contributed by atoms with Gasteiger partial charge in [-0.1, -0.05) is 55.5 Å². The van der Waals surface area contributed by atoms with Gasteiger partial charge >= 0.3 is 0 Å². The van der Waals surface area contributed by atoms with E-state index in [9.17, 15) is 0 Å². The van der Waals surface area contributed by atoms with Gasteiger partial charge in [-0.05, 0) is 28.7 Å². The summed E-state index contributed by atoms with van der Waals surface area (Å²) in [6.07, 6.45) is 1.14. The van der Waals surface area contributed by atoms with Gasteiger partial charge in [-0.25, -0.2) is 0 Å². The van der Waals surface area contributed by atoms with Gasteiger partial charge in [0.05, 0.1) is 0 Å². The molecule has 2 aromatic carbocycles. The van der Waals surface area contributed by atoms with Crippen molar-refractivity contribution in [1.82, 2.24) is 10.2 Å². The zero-order chi connectivity index (χ0) is 14.9. The van der Waals surface area contributed by atoms with E-state index in [1.54, 1.807) is 0 Å². The topological polar surface area (TPSA) is 15.3 Å². The van der Waals surface area contributed by atoms with Crippen LogP contribution in [-0.2, 0) is 6.42 Å². The number of benzene rings is 2. The minimum Gasteiger partial charge on any atom is -0.314 e. The Kier molecular flexibility index (Phi) is 3.73. The van der Waals surface area contributed by atoms with Crippen molar-refractivity contribution >= 4 is 0 Å². The van der Waals surface area contributed by atoms with Gasteiger partial charge in [0.25, 0.3) is 0 Å². The highest BCUT2D eigenvalue weighted by molar-refractivity contribution is 5.46. The Balaban J connectivity index is 1.83. The molecule has 1 N–H and O–H groups in total. The third-order valence-corrected chi connectivity index (χ3v) is 5.35. The summed E-state index contributed by atoms with van der Waals surface area (Å²) >= 11 is 0. The monoisotopic (exact) mass is 292 g/mol. The van der Waals surface area contributed by atoms with Crippen LogP contribution in [0.1, 0.15) is 41.1 Å². The molecule has 2 aliphatic rings. The van der Waals surface area contributed by atoms with Gasteiger partial charge in [-0.3, -0.25) is 4.90 Å². The van der Waals surface area contributed by atoms with Crippen LogP contribution in [-0.4, -0.2) is 31.1 Å². The first-order valence-corrected chi connectivity index (χ1v) is 8.46. The van der Waals surface area contributed by atoms with Gasteiger partial charge in [0, 0.05) is 38.1 Å². The maximum Gasteiger partial charge on any atom is 0.0392 e. The highest BCUT2D eigenvalue weighted by Crippen LogP contribution is 2.40. The molecule has 2 unspecified atom stereocenters. The summed E-state index contributed by atoms with van der Waals surface area (Å²) in [6.45, 7) is 6.87.